The van der Waals surface area contributed by atoms with Gasteiger partial charge in [0.2, 0.25) is 0 Å². The van der Waals surface area contributed by atoms with Crippen molar-refractivity contribution in [3.63, 3.8) is 0 Å². The van der Waals surface area contributed by atoms with Crippen LogP contribution in [0.15, 0.2) is 24.5 Å². The molecular formula is C15H25N3. The van der Waals surface area contributed by atoms with E-state index in [1.165, 1.54) is 25.1 Å². The molecule has 3 heteroatoms. The van der Waals surface area contributed by atoms with Gasteiger partial charge in [0.25, 0.3) is 0 Å². The van der Waals surface area contributed by atoms with Gasteiger partial charge in [-0.15, -0.1) is 0 Å². The Morgan fingerprint density at radius 1 is 1.33 bits per heavy atom. The fourth-order valence-corrected chi connectivity index (χ4v) is 2.61. The second-order valence-corrected chi connectivity index (χ2v) is 5.65. The van der Waals surface area contributed by atoms with Crippen LogP contribution in [-0.2, 0) is 0 Å². The average Bonchev–Trinajstić information content (AvgIpc) is 2.86. The van der Waals surface area contributed by atoms with Crippen LogP contribution in [-0.4, -0.2) is 35.6 Å². The van der Waals surface area contributed by atoms with Gasteiger partial charge >= 0.3 is 0 Å². The molecule has 0 bridgehead atoms. The Bertz CT molecular complexity index is 350. The maximum absolute atomic E-state index is 4.06. The summed E-state index contributed by atoms with van der Waals surface area (Å²) < 4.78 is 0. The van der Waals surface area contributed by atoms with E-state index in [-0.39, 0.29) is 0 Å². The first kappa shape index (κ1) is 13.5. The van der Waals surface area contributed by atoms with Crippen LogP contribution in [0.2, 0.25) is 0 Å². The third-order valence-electron chi connectivity index (χ3n) is 3.97. The third-order valence-corrected chi connectivity index (χ3v) is 3.97. The molecule has 2 heterocycles. The van der Waals surface area contributed by atoms with Crippen LogP contribution in [0.4, 0.5) is 0 Å². The van der Waals surface area contributed by atoms with Gasteiger partial charge in [-0.1, -0.05) is 0 Å². The maximum atomic E-state index is 4.06. The van der Waals surface area contributed by atoms with E-state index in [0.717, 1.165) is 12.5 Å². The van der Waals surface area contributed by atoms with E-state index in [9.17, 15) is 0 Å². The van der Waals surface area contributed by atoms with E-state index >= 15 is 0 Å². The zero-order chi connectivity index (χ0) is 13.0. The zero-order valence-electron chi connectivity index (χ0n) is 11.8. The molecule has 0 aliphatic carbocycles. The van der Waals surface area contributed by atoms with Crippen molar-refractivity contribution in [2.45, 2.75) is 39.3 Å². The number of likely N-dealkylation sites (tertiary alicyclic amines) is 1. The average molecular weight is 247 g/mol. The molecule has 1 aromatic heterocycles. The zero-order valence-corrected chi connectivity index (χ0v) is 11.8. The molecule has 1 aromatic rings. The van der Waals surface area contributed by atoms with E-state index in [2.05, 4.69) is 48.1 Å². The molecule has 1 N–H and O–H groups in total. The predicted octanol–water partition coefficient (Wildman–Crippen LogP) is 2.46. The number of rotatable bonds is 5. The van der Waals surface area contributed by atoms with Crippen LogP contribution in [0.1, 0.15) is 38.8 Å². The summed E-state index contributed by atoms with van der Waals surface area (Å²) in [5.41, 5.74) is 1.32. The van der Waals surface area contributed by atoms with Crippen molar-refractivity contribution in [2.75, 3.05) is 19.6 Å². The molecule has 1 aliphatic heterocycles. The first-order valence-corrected chi connectivity index (χ1v) is 7.04. The summed E-state index contributed by atoms with van der Waals surface area (Å²) in [4.78, 5) is 6.63. The van der Waals surface area contributed by atoms with Crippen LogP contribution < -0.4 is 5.32 Å². The Hall–Kier alpha value is -0.930. The first-order chi connectivity index (χ1) is 8.66. The number of hydrogen-bond acceptors (Lipinski definition) is 3. The summed E-state index contributed by atoms with van der Waals surface area (Å²) in [6, 6.07) is 5.29. The van der Waals surface area contributed by atoms with E-state index in [1.807, 2.05) is 12.4 Å². The maximum Gasteiger partial charge on any atom is 0.0293 e. The third kappa shape index (κ3) is 3.53. The van der Waals surface area contributed by atoms with Crippen molar-refractivity contribution in [1.29, 1.82) is 0 Å². The van der Waals surface area contributed by atoms with Gasteiger partial charge in [-0.05, 0) is 63.9 Å². The largest absolute Gasteiger partial charge is 0.310 e. The minimum absolute atomic E-state index is 0.418. The first-order valence-electron chi connectivity index (χ1n) is 7.04. The van der Waals surface area contributed by atoms with Gasteiger partial charge in [0.1, 0.15) is 0 Å². The van der Waals surface area contributed by atoms with Crippen LogP contribution in [0.5, 0.6) is 0 Å². The Balaban J connectivity index is 1.76. The summed E-state index contributed by atoms with van der Waals surface area (Å²) in [7, 11) is 0. The number of aromatic nitrogens is 1. The van der Waals surface area contributed by atoms with Crippen LogP contribution in [0.3, 0.4) is 0 Å². The van der Waals surface area contributed by atoms with Crippen LogP contribution >= 0.6 is 0 Å². The number of nitrogens with zero attached hydrogens (tertiary/aromatic N) is 2. The smallest absolute Gasteiger partial charge is 0.0293 e. The molecule has 0 aromatic carbocycles. The predicted molar refractivity (Wildman–Crippen MR) is 75.5 cm³/mol. The molecule has 1 aliphatic rings. The SMILES string of the molecule is CC(NCC1CCN(C(C)C)C1)c1ccncc1. The standard InChI is InChI=1S/C15H25N3/c1-12(2)18-9-6-14(11-18)10-17-13(3)15-4-7-16-8-5-15/h4-5,7-8,12-14,17H,6,9-11H2,1-3H3. The Kier molecular flexibility index (Phi) is 4.72. The second kappa shape index (κ2) is 6.30. The number of hydrogen-bond donors (Lipinski definition) is 1. The fourth-order valence-electron chi connectivity index (χ4n) is 2.61. The van der Waals surface area contributed by atoms with Gasteiger partial charge < -0.3 is 10.2 Å². The molecule has 2 atom stereocenters. The minimum atomic E-state index is 0.418. The molecule has 0 spiro atoms. The van der Waals surface area contributed by atoms with E-state index in [4.69, 9.17) is 0 Å². The topological polar surface area (TPSA) is 28.2 Å². The summed E-state index contributed by atoms with van der Waals surface area (Å²) in [5.74, 6) is 0.802. The van der Waals surface area contributed by atoms with E-state index < -0.39 is 0 Å². The Labute approximate surface area is 111 Å². The molecule has 100 valence electrons. The van der Waals surface area contributed by atoms with Crippen molar-refractivity contribution in [1.82, 2.24) is 15.2 Å². The molecule has 0 saturated carbocycles. The molecule has 2 unspecified atom stereocenters. The molecule has 18 heavy (non-hydrogen) atoms. The summed E-state index contributed by atoms with van der Waals surface area (Å²) >= 11 is 0. The highest BCUT2D eigenvalue weighted by atomic mass is 15.2. The molecule has 1 saturated heterocycles. The van der Waals surface area contributed by atoms with Crippen molar-refractivity contribution in [3.05, 3.63) is 30.1 Å². The molecule has 3 nitrogen and oxygen atoms in total. The summed E-state index contributed by atoms with van der Waals surface area (Å²) in [5, 5.41) is 3.65. The Morgan fingerprint density at radius 3 is 2.67 bits per heavy atom. The van der Waals surface area contributed by atoms with Gasteiger partial charge in [0.15, 0.2) is 0 Å². The number of nitrogens with one attached hydrogen (secondary N) is 1. The van der Waals surface area contributed by atoms with Gasteiger partial charge in [0, 0.05) is 31.0 Å². The Morgan fingerprint density at radius 2 is 2.06 bits per heavy atom. The molecule has 2 rings (SSSR count). The minimum Gasteiger partial charge on any atom is -0.310 e. The molecule has 0 amide bonds. The second-order valence-electron chi connectivity index (χ2n) is 5.65. The molecule has 1 fully saturated rings. The van der Waals surface area contributed by atoms with Crippen molar-refractivity contribution in [3.8, 4) is 0 Å². The highest BCUT2D eigenvalue weighted by Crippen LogP contribution is 2.19. The van der Waals surface area contributed by atoms with E-state index in [1.54, 1.807) is 0 Å². The van der Waals surface area contributed by atoms with Gasteiger partial charge in [-0.2, -0.15) is 0 Å². The highest BCUT2D eigenvalue weighted by Gasteiger charge is 2.24. The summed E-state index contributed by atoms with van der Waals surface area (Å²) in [6.07, 6.45) is 5.06. The van der Waals surface area contributed by atoms with Crippen molar-refractivity contribution >= 4 is 0 Å². The number of pyridine rings is 1. The lowest BCUT2D eigenvalue weighted by Crippen LogP contribution is -2.31. The lowest BCUT2D eigenvalue weighted by atomic mass is 10.1. The van der Waals surface area contributed by atoms with E-state index in [0.29, 0.717) is 12.1 Å². The normalized spacial score (nSPS) is 22.6. The van der Waals surface area contributed by atoms with Crippen LogP contribution in [0, 0.1) is 5.92 Å². The quantitative estimate of drug-likeness (QED) is 0.866. The lowest BCUT2D eigenvalue weighted by Gasteiger charge is -2.21. The highest BCUT2D eigenvalue weighted by molar-refractivity contribution is 5.13. The molecule has 0 radical (unpaired) electrons. The van der Waals surface area contributed by atoms with Crippen LogP contribution in [0.25, 0.3) is 0 Å². The lowest BCUT2D eigenvalue weighted by molar-refractivity contribution is 0.263. The fraction of sp³-hybridized carbons (Fsp3) is 0.667. The molecular weight excluding hydrogens is 222 g/mol. The van der Waals surface area contributed by atoms with Gasteiger partial charge in [-0.25, -0.2) is 0 Å². The van der Waals surface area contributed by atoms with Gasteiger partial charge in [0.05, 0.1) is 0 Å². The van der Waals surface area contributed by atoms with Crippen molar-refractivity contribution < 1.29 is 0 Å². The van der Waals surface area contributed by atoms with Crippen molar-refractivity contribution in [2.24, 2.45) is 5.92 Å². The summed E-state index contributed by atoms with van der Waals surface area (Å²) in [6.45, 7) is 10.4. The van der Waals surface area contributed by atoms with Gasteiger partial charge in [-0.3, -0.25) is 4.98 Å². The monoisotopic (exact) mass is 247 g/mol.